The summed E-state index contributed by atoms with van der Waals surface area (Å²) in [5, 5.41) is 3.41. The number of amides is 1. The minimum absolute atomic E-state index is 0.0781. The van der Waals surface area contributed by atoms with E-state index in [2.05, 4.69) is 15.3 Å². The van der Waals surface area contributed by atoms with Crippen molar-refractivity contribution < 1.29 is 13.9 Å². The fourth-order valence-corrected chi connectivity index (χ4v) is 3.12. The van der Waals surface area contributed by atoms with Crippen molar-refractivity contribution in [3.05, 3.63) is 52.5 Å². The van der Waals surface area contributed by atoms with Gasteiger partial charge in [0.05, 0.1) is 19.4 Å². The lowest BCUT2D eigenvalue weighted by Gasteiger charge is -2.28. The molecule has 1 N–H and O–H groups in total. The van der Waals surface area contributed by atoms with Crippen LogP contribution in [0.5, 0.6) is 0 Å². The number of morpholine rings is 1. The van der Waals surface area contributed by atoms with Gasteiger partial charge in [-0.3, -0.25) is 4.79 Å². The summed E-state index contributed by atoms with van der Waals surface area (Å²) in [7, 11) is 3.65. The van der Waals surface area contributed by atoms with E-state index in [1.54, 1.807) is 29.3 Å². The van der Waals surface area contributed by atoms with Gasteiger partial charge >= 0.3 is 5.63 Å². The monoisotopic (exact) mass is 395 g/mol. The molecule has 1 saturated heterocycles. The predicted octanol–water partition coefficient (Wildman–Crippen LogP) is 1.74. The number of para-hydroxylation sites is 1. The smallest absolute Gasteiger partial charge is 0.349 e. The average molecular weight is 395 g/mol. The number of nitrogens with one attached hydrogen (secondary N) is 1. The molecule has 0 radical (unpaired) electrons. The second kappa shape index (κ2) is 7.88. The zero-order valence-electron chi connectivity index (χ0n) is 16.2. The molecule has 0 unspecified atom stereocenters. The molecule has 1 amide bonds. The van der Waals surface area contributed by atoms with Crippen molar-refractivity contribution in [1.29, 1.82) is 0 Å². The van der Waals surface area contributed by atoms with Gasteiger partial charge < -0.3 is 24.3 Å². The SMILES string of the molecule is CN(C)c1nc(N2CCOCC2)ncc1NC(=O)c1cc2ccccc2oc1=O. The lowest BCUT2D eigenvalue weighted by molar-refractivity contribution is 0.102. The van der Waals surface area contributed by atoms with E-state index in [-0.39, 0.29) is 5.56 Å². The van der Waals surface area contributed by atoms with Crippen LogP contribution in [0.1, 0.15) is 10.4 Å². The summed E-state index contributed by atoms with van der Waals surface area (Å²) < 4.78 is 10.6. The quantitative estimate of drug-likeness (QED) is 0.667. The molecule has 9 heteroatoms. The first-order valence-electron chi connectivity index (χ1n) is 9.24. The molecule has 3 aromatic rings. The first kappa shape index (κ1) is 18.9. The van der Waals surface area contributed by atoms with E-state index in [1.165, 1.54) is 6.07 Å². The maximum Gasteiger partial charge on any atom is 0.349 e. The van der Waals surface area contributed by atoms with Crippen molar-refractivity contribution in [2.45, 2.75) is 0 Å². The van der Waals surface area contributed by atoms with E-state index in [9.17, 15) is 9.59 Å². The first-order chi connectivity index (χ1) is 14.0. The number of anilines is 3. The standard InChI is InChI=1S/C20H21N5O4/c1-24(2)17-15(12-21-20(23-17)25-7-9-28-10-8-25)22-18(26)14-11-13-5-3-4-6-16(13)29-19(14)27/h3-6,11-12H,7-10H2,1-2H3,(H,22,26). The Bertz CT molecular complexity index is 1110. The summed E-state index contributed by atoms with van der Waals surface area (Å²) in [6, 6.07) is 8.56. The third-order valence-corrected chi connectivity index (χ3v) is 4.61. The number of rotatable bonds is 4. The zero-order chi connectivity index (χ0) is 20.4. The molecular weight excluding hydrogens is 374 g/mol. The molecule has 29 heavy (non-hydrogen) atoms. The van der Waals surface area contributed by atoms with Crippen LogP contribution in [0, 0.1) is 0 Å². The molecule has 0 saturated carbocycles. The van der Waals surface area contributed by atoms with E-state index in [1.807, 2.05) is 25.1 Å². The summed E-state index contributed by atoms with van der Waals surface area (Å²) in [6.07, 6.45) is 1.55. The van der Waals surface area contributed by atoms with Gasteiger partial charge in [0.2, 0.25) is 5.95 Å². The van der Waals surface area contributed by atoms with Crippen molar-refractivity contribution >= 4 is 34.3 Å². The Morgan fingerprint density at radius 1 is 1.21 bits per heavy atom. The number of aromatic nitrogens is 2. The van der Waals surface area contributed by atoms with Crippen molar-refractivity contribution in [2.24, 2.45) is 0 Å². The van der Waals surface area contributed by atoms with Gasteiger partial charge in [0.15, 0.2) is 5.82 Å². The minimum Gasteiger partial charge on any atom is -0.422 e. The van der Waals surface area contributed by atoms with Crippen LogP contribution in [0.25, 0.3) is 11.0 Å². The van der Waals surface area contributed by atoms with E-state index in [0.717, 1.165) is 0 Å². The van der Waals surface area contributed by atoms with Gasteiger partial charge in [0.1, 0.15) is 16.8 Å². The molecule has 1 fully saturated rings. The van der Waals surface area contributed by atoms with Crippen molar-refractivity contribution in [1.82, 2.24) is 9.97 Å². The predicted molar refractivity (Wildman–Crippen MR) is 110 cm³/mol. The number of carbonyl (C=O) groups is 1. The Labute approximate surface area is 166 Å². The Morgan fingerprint density at radius 3 is 2.72 bits per heavy atom. The van der Waals surface area contributed by atoms with Crippen LogP contribution in [0.2, 0.25) is 0 Å². The van der Waals surface area contributed by atoms with Crippen LogP contribution >= 0.6 is 0 Å². The van der Waals surface area contributed by atoms with Crippen molar-refractivity contribution in [3.8, 4) is 0 Å². The van der Waals surface area contributed by atoms with E-state index in [4.69, 9.17) is 9.15 Å². The molecule has 9 nitrogen and oxygen atoms in total. The third-order valence-electron chi connectivity index (χ3n) is 4.61. The maximum atomic E-state index is 12.8. The van der Waals surface area contributed by atoms with Crippen LogP contribution in [0.3, 0.4) is 0 Å². The largest absolute Gasteiger partial charge is 0.422 e. The maximum absolute atomic E-state index is 12.8. The molecule has 0 spiro atoms. The van der Waals surface area contributed by atoms with Gasteiger partial charge in [0.25, 0.3) is 5.91 Å². The second-order valence-corrected chi connectivity index (χ2v) is 6.84. The van der Waals surface area contributed by atoms with Gasteiger partial charge in [0, 0.05) is 32.6 Å². The number of hydrogen-bond donors (Lipinski definition) is 1. The van der Waals surface area contributed by atoms with Gasteiger partial charge in [-0.1, -0.05) is 18.2 Å². The summed E-state index contributed by atoms with van der Waals surface area (Å²) in [6.45, 7) is 2.65. The van der Waals surface area contributed by atoms with Gasteiger partial charge in [-0.05, 0) is 12.1 Å². The van der Waals surface area contributed by atoms with Crippen LogP contribution in [-0.2, 0) is 4.74 Å². The molecule has 0 aliphatic carbocycles. The molecule has 1 aliphatic rings. The normalized spacial score (nSPS) is 14.1. The fourth-order valence-electron chi connectivity index (χ4n) is 3.12. The third kappa shape index (κ3) is 3.90. The van der Waals surface area contributed by atoms with Crippen LogP contribution in [-0.4, -0.2) is 56.3 Å². The topological polar surface area (TPSA) is 101 Å². The van der Waals surface area contributed by atoms with E-state index in [0.29, 0.717) is 54.7 Å². The van der Waals surface area contributed by atoms with Crippen molar-refractivity contribution in [2.75, 3.05) is 55.5 Å². The number of hydrogen-bond acceptors (Lipinski definition) is 8. The highest BCUT2D eigenvalue weighted by Gasteiger charge is 2.20. The highest BCUT2D eigenvalue weighted by molar-refractivity contribution is 6.06. The summed E-state index contributed by atoms with van der Waals surface area (Å²) in [5.74, 6) is 0.538. The number of fused-ring (bicyclic) bond motifs is 1. The highest BCUT2D eigenvalue weighted by Crippen LogP contribution is 2.25. The Morgan fingerprint density at radius 2 is 1.97 bits per heavy atom. The molecule has 1 aromatic carbocycles. The summed E-state index contributed by atoms with van der Waals surface area (Å²) in [4.78, 5) is 37.8. The summed E-state index contributed by atoms with van der Waals surface area (Å²) >= 11 is 0. The van der Waals surface area contributed by atoms with Gasteiger partial charge in [-0.2, -0.15) is 4.98 Å². The highest BCUT2D eigenvalue weighted by atomic mass is 16.5. The lowest BCUT2D eigenvalue weighted by atomic mass is 10.2. The van der Waals surface area contributed by atoms with Crippen LogP contribution in [0.4, 0.5) is 17.5 Å². The Hall–Kier alpha value is -3.46. The van der Waals surface area contributed by atoms with Gasteiger partial charge in [-0.25, -0.2) is 9.78 Å². The number of carbonyl (C=O) groups excluding carboxylic acids is 1. The Kier molecular flexibility index (Phi) is 5.13. The summed E-state index contributed by atoms with van der Waals surface area (Å²) in [5.41, 5.74) is 0.0647. The van der Waals surface area contributed by atoms with E-state index >= 15 is 0 Å². The molecule has 0 atom stereocenters. The molecule has 3 heterocycles. The van der Waals surface area contributed by atoms with E-state index < -0.39 is 11.5 Å². The molecule has 0 bridgehead atoms. The molecule has 1 aliphatic heterocycles. The molecule has 4 rings (SSSR count). The molecule has 2 aromatic heterocycles. The second-order valence-electron chi connectivity index (χ2n) is 6.84. The van der Waals surface area contributed by atoms with Crippen LogP contribution in [0.15, 0.2) is 45.7 Å². The lowest BCUT2D eigenvalue weighted by Crippen LogP contribution is -2.37. The zero-order valence-corrected chi connectivity index (χ0v) is 16.2. The average Bonchev–Trinajstić information content (AvgIpc) is 2.74. The van der Waals surface area contributed by atoms with Crippen LogP contribution < -0.4 is 20.7 Å². The Balaban J connectivity index is 1.64. The number of ether oxygens (including phenoxy) is 1. The number of benzene rings is 1. The fraction of sp³-hybridized carbons (Fsp3) is 0.300. The molecule has 150 valence electrons. The number of nitrogens with zero attached hydrogens (tertiary/aromatic N) is 4. The minimum atomic E-state index is -0.696. The van der Waals surface area contributed by atoms with Gasteiger partial charge in [-0.15, -0.1) is 0 Å². The molecular formula is C20H21N5O4. The first-order valence-corrected chi connectivity index (χ1v) is 9.24. The van der Waals surface area contributed by atoms with Crippen molar-refractivity contribution in [3.63, 3.8) is 0 Å².